The summed E-state index contributed by atoms with van der Waals surface area (Å²) in [5, 5.41) is 10.9. The van der Waals surface area contributed by atoms with Gasteiger partial charge in [0.25, 0.3) is 0 Å². The Morgan fingerprint density at radius 2 is 2.05 bits per heavy atom. The van der Waals surface area contributed by atoms with Crippen LogP contribution in [-0.4, -0.2) is 41.5 Å². The SMILES string of the molecule is O=C1CN(Cc2ccc(C#CCCO)s2)CC(=O)N1. The molecule has 6 heteroatoms. The van der Waals surface area contributed by atoms with E-state index in [9.17, 15) is 9.59 Å². The van der Waals surface area contributed by atoms with E-state index in [0.29, 0.717) is 13.0 Å². The lowest BCUT2D eigenvalue weighted by Gasteiger charge is -2.24. The van der Waals surface area contributed by atoms with E-state index in [-0.39, 0.29) is 31.5 Å². The fraction of sp³-hybridized carbons (Fsp3) is 0.385. The van der Waals surface area contributed by atoms with Crippen LogP contribution in [0.3, 0.4) is 0 Å². The minimum absolute atomic E-state index is 0.0657. The number of imide groups is 1. The van der Waals surface area contributed by atoms with Crippen molar-refractivity contribution in [3.05, 3.63) is 21.9 Å². The minimum Gasteiger partial charge on any atom is -0.395 e. The van der Waals surface area contributed by atoms with Crippen molar-refractivity contribution in [2.75, 3.05) is 19.7 Å². The van der Waals surface area contributed by atoms with Crippen molar-refractivity contribution >= 4 is 23.2 Å². The van der Waals surface area contributed by atoms with E-state index in [1.165, 1.54) is 11.3 Å². The van der Waals surface area contributed by atoms with Crippen LogP contribution >= 0.6 is 11.3 Å². The third-order valence-corrected chi connectivity index (χ3v) is 3.49. The van der Waals surface area contributed by atoms with Crippen molar-refractivity contribution in [2.45, 2.75) is 13.0 Å². The van der Waals surface area contributed by atoms with E-state index in [2.05, 4.69) is 17.2 Å². The number of aliphatic hydroxyl groups is 1. The quantitative estimate of drug-likeness (QED) is 0.600. The zero-order chi connectivity index (χ0) is 13.7. The van der Waals surface area contributed by atoms with Crippen LogP contribution in [0.1, 0.15) is 16.2 Å². The number of carbonyl (C=O) groups is 2. The monoisotopic (exact) mass is 278 g/mol. The summed E-state index contributed by atoms with van der Waals surface area (Å²) >= 11 is 1.54. The van der Waals surface area contributed by atoms with Crippen molar-refractivity contribution in [1.29, 1.82) is 0 Å². The first kappa shape index (κ1) is 13.7. The molecule has 1 aliphatic heterocycles. The molecule has 1 aromatic rings. The largest absolute Gasteiger partial charge is 0.395 e. The molecule has 0 radical (unpaired) electrons. The third kappa shape index (κ3) is 4.17. The second kappa shape index (κ2) is 6.48. The molecule has 19 heavy (non-hydrogen) atoms. The van der Waals surface area contributed by atoms with E-state index in [1.54, 1.807) is 4.90 Å². The van der Waals surface area contributed by atoms with Crippen LogP contribution in [0.15, 0.2) is 12.1 Å². The summed E-state index contributed by atoms with van der Waals surface area (Å²) in [5.74, 6) is 5.32. The highest BCUT2D eigenvalue weighted by atomic mass is 32.1. The van der Waals surface area contributed by atoms with Crippen LogP contribution in [0.4, 0.5) is 0 Å². The fourth-order valence-electron chi connectivity index (χ4n) is 1.76. The number of hydrogen-bond donors (Lipinski definition) is 2. The molecule has 1 saturated heterocycles. The Hall–Kier alpha value is -1.68. The van der Waals surface area contributed by atoms with Gasteiger partial charge < -0.3 is 5.11 Å². The molecule has 2 rings (SSSR count). The number of nitrogens with one attached hydrogen (secondary N) is 1. The molecule has 0 atom stereocenters. The standard InChI is InChI=1S/C13H14N2O3S/c16-6-2-1-3-10-4-5-11(19-10)7-15-8-12(17)14-13(18)9-15/h4-5,16H,2,6-9H2,(H,14,17,18). The Kier molecular flexibility index (Phi) is 4.68. The van der Waals surface area contributed by atoms with Gasteiger partial charge in [0.1, 0.15) is 0 Å². The summed E-state index contributed by atoms with van der Waals surface area (Å²) in [6.45, 7) is 1.13. The molecule has 2 amide bonds. The fourth-order valence-corrected chi connectivity index (χ4v) is 2.69. The summed E-state index contributed by atoms with van der Waals surface area (Å²) in [4.78, 5) is 26.3. The summed E-state index contributed by atoms with van der Waals surface area (Å²) in [7, 11) is 0. The lowest BCUT2D eigenvalue weighted by Crippen LogP contribution is -2.50. The molecule has 2 heterocycles. The molecule has 0 aliphatic carbocycles. The summed E-state index contributed by atoms with van der Waals surface area (Å²) in [5.41, 5.74) is 0. The number of piperazine rings is 1. The molecule has 0 bridgehead atoms. The summed E-state index contributed by atoms with van der Waals surface area (Å²) in [6, 6.07) is 3.86. The smallest absolute Gasteiger partial charge is 0.240 e. The zero-order valence-electron chi connectivity index (χ0n) is 10.3. The Morgan fingerprint density at radius 1 is 1.32 bits per heavy atom. The highest BCUT2D eigenvalue weighted by Gasteiger charge is 2.22. The number of amides is 2. The van der Waals surface area contributed by atoms with Crippen molar-refractivity contribution in [1.82, 2.24) is 10.2 Å². The lowest BCUT2D eigenvalue weighted by atomic mass is 10.3. The van der Waals surface area contributed by atoms with Gasteiger partial charge in [0.05, 0.1) is 24.6 Å². The van der Waals surface area contributed by atoms with Crippen LogP contribution in [0.5, 0.6) is 0 Å². The molecule has 1 fully saturated rings. The molecular weight excluding hydrogens is 264 g/mol. The highest BCUT2D eigenvalue weighted by Crippen LogP contribution is 2.17. The number of rotatable bonds is 3. The Labute approximate surface area is 115 Å². The van der Waals surface area contributed by atoms with E-state index >= 15 is 0 Å². The van der Waals surface area contributed by atoms with Gasteiger partial charge in [-0.15, -0.1) is 11.3 Å². The van der Waals surface area contributed by atoms with Gasteiger partial charge in [0.2, 0.25) is 11.8 Å². The van der Waals surface area contributed by atoms with Gasteiger partial charge in [-0.2, -0.15) is 0 Å². The van der Waals surface area contributed by atoms with Crippen molar-refractivity contribution in [3.63, 3.8) is 0 Å². The molecule has 1 aliphatic rings. The average molecular weight is 278 g/mol. The molecule has 0 saturated carbocycles. The van der Waals surface area contributed by atoms with Crippen molar-refractivity contribution in [2.24, 2.45) is 0 Å². The predicted octanol–water partition coefficient (Wildman–Crippen LogP) is -0.0596. The number of hydrogen-bond acceptors (Lipinski definition) is 5. The van der Waals surface area contributed by atoms with Crippen LogP contribution < -0.4 is 5.32 Å². The van der Waals surface area contributed by atoms with Crippen molar-refractivity contribution in [3.8, 4) is 11.8 Å². The molecule has 0 aromatic carbocycles. The Morgan fingerprint density at radius 3 is 2.74 bits per heavy atom. The van der Waals surface area contributed by atoms with Gasteiger partial charge in [0, 0.05) is 17.8 Å². The first-order valence-corrected chi connectivity index (χ1v) is 6.72. The highest BCUT2D eigenvalue weighted by molar-refractivity contribution is 7.12. The minimum atomic E-state index is -0.254. The van der Waals surface area contributed by atoms with Gasteiger partial charge >= 0.3 is 0 Å². The molecule has 5 nitrogen and oxygen atoms in total. The summed E-state index contributed by atoms with van der Waals surface area (Å²) < 4.78 is 0. The number of aliphatic hydroxyl groups excluding tert-OH is 1. The van der Waals surface area contributed by atoms with E-state index in [1.807, 2.05) is 12.1 Å². The van der Waals surface area contributed by atoms with Gasteiger partial charge in [-0.05, 0) is 12.1 Å². The molecule has 100 valence electrons. The third-order valence-electron chi connectivity index (χ3n) is 2.50. The molecular formula is C13H14N2O3S. The van der Waals surface area contributed by atoms with Crippen molar-refractivity contribution < 1.29 is 14.7 Å². The van der Waals surface area contributed by atoms with Gasteiger partial charge in [-0.1, -0.05) is 11.8 Å². The second-order valence-electron chi connectivity index (χ2n) is 4.16. The van der Waals surface area contributed by atoms with Crippen LogP contribution in [0, 0.1) is 11.8 Å². The topological polar surface area (TPSA) is 69.6 Å². The predicted molar refractivity (Wildman–Crippen MR) is 71.3 cm³/mol. The summed E-state index contributed by atoms with van der Waals surface area (Å²) in [6.07, 6.45) is 0.466. The maximum absolute atomic E-state index is 11.2. The molecule has 0 spiro atoms. The lowest BCUT2D eigenvalue weighted by molar-refractivity contribution is -0.136. The first-order chi connectivity index (χ1) is 9.17. The molecule has 2 N–H and O–H groups in total. The molecule has 1 aromatic heterocycles. The number of thiophene rings is 1. The average Bonchev–Trinajstić information content (AvgIpc) is 2.76. The Bertz CT molecular complexity index is 526. The van der Waals surface area contributed by atoms with Crippen LogP contribution in [0.25, 0.3) is 0 Å². The normalized spacial score (nSPS) is 15.8. The van der Waals surface area contributed by atoms with Gasteiger partial charge in [0.15, 0.2) is 0 Å². The second-order valence-corrected chi connectivity index (χ2v) is 5.33. The van der Waals surface area contributed by atoms with Gasteiger partial charge in [-0.25, -0.2) is 0 Å². The van der Waals surface area contributed by atoms with E-state index in [0.717, 1.165) is 9.75 Å². The van der Waals surface area contributed by atoms with Crippen LogP contribution in [-0.2, 0) is 16.1 Å². The maximum Gasteiger partial charge on any atom is 0.240 e. The molecule has 0 unspecified atom stereocenters. The number of nitrogens with zero attached hydrogens (tertiary/aromatic N) is 1. The van der Waals surface area contributed by atoms with Crippen LogP contribution in [0.2, 0.25) is 0 Å². The van der Waals surface area contributed by atoms with E-state index in [4.69, 9.17) is 5.11 Å². The zero-order valence-corrected chi connectivity index (χ0v) is 11.1. The van der Waals surface area contributed by atoms with E-state index < -0.39 is 0 Å². The Balaban J connectivity index is 1.94. The maximum atomic E-state index is 11.2. The number of carbonyl (C=O) groups excluding carboxylic acids is 2. The first-order valence-electron chi connectivity index (χ1n) is 5.91. The van der Waals surface area contributed by atoms with Gasteiger partial charge in [-0.3, -0.25) is 19.8 Å².